The fourth-order valence-electron chi connectivity index (χ4n) is 2.80. The molecule has 1 aromatic carbocycles. The second-order valence-electron chi connectivity index (χ2n) is 6.08. The van der Waals surface area contributed by atoms with Crippen molar-refractivity contribution in [3.63, 3.8) is 0 Å². The summed E-state index contributed by atoms with van der Waals surface area (Å²) in [6.07, 6.45) is 2.76. The van der Waals surface area contributed by atoms with Gasteiger partial charge in [-0.1, -0.05) is 29.8 Å². The highest BCUT2D eigenvalue weighted by atomic mass is 127. The molecule has 0 radical (unpaired) electrons. The van der Waals surface area contributed by atoms with E-state index >= 15 is 0 Å². The smallest absolute Gasteiger partial charge is 0.191 e. The third kappa shape index (κ3) is 4.94. The summed E-state index contributed by atoms with van der Waals surface area (Å²) in [5, 5.41) is 15.1. The van der Waals surface area contributed by atoms with Crippen LogP contribution in [0.3, 0.4) is 0 Å². The molecule has 2 aromatic heterocycles. The van der Waals surface area contributed by atoms with Crippen LogP contribution in [-0.4, -0.2) is 34.2 Å². The maximum Gasteiger partial charge on any atom is 0.191 e. The number of benzene rings is 1. The Hall–Kier alpha value is -2.16. The lowest BCUT2D eigenvalue weighted by molar-refractivity contribution is 0.760. The van der Waals surface area contributed by atoms with Crippen LogP contribution in [0.2, 0.25) is 0 Å². The van der Waals surface area contributed by atoms with E-state index in [1.54, 1.807) is 7.05 Å². The molecule has 0 bridgehead atoms. The zero-order chi connectivity index (χ0) is 17.6. The molecular formula is C19H25IN6. The maximum atomic E-state index is 4.28. The first-order valence-corrected chi connectivity index (χ1v) is 8.46. The number of nitrogens with zero attached hydrogens (tertiary/aromatic N) is 4. The first-order valence-electron chi connectivity index (χ1n) is 8.46. The van der Waals surface area contributed by atoms with Crippen LogP contribution in [0, 0.1) is 13.8 Å². The molecule has 138 valence electrons. The van der Waals surface area contributed by atoms with Crippen LogP contribution in [0.15, 0.2) is 47.6 Å². The number of aliphatic imine (C=N–C) groups is 1. The van der Waals surface area contributed by atoms with Gasteiger partial charge in [-0.25, -0.2) is 0 Å². The van der Waals surface area contributed by atoms with E-state index in [-0.39, 0.29) is 24.0 Å². The lowest BCUT2D eigenvalue weighted by atomic mass is 10.1. The highest BCUT2D eigenvalue weighted by Gasteiger charge is 2.05. The summed E-state index contributed by atoms with van der Waals surface area (Å²) in [5.41, 5.74) is 4.72. The Labute approximate surface area is 171 Å². The number of hydrogen-bond acceptors (Lipinski definition) is 3. The van der Waals surface area contributed by atoms with Crippen molar-refractivity contribution in [3.8, 4) is 0 Å². The summed E-state index contributed by atoms with van der Waals surface area (Å²) in [7, 11) is 1.78. The zero-order valence-electron chi connectivity index (χ0n) is 15.4. The predicted molar refractivity (Wildman–Crippen MR) is 116 cm³/mol. The lowest BCUT2D eigenvalue weighted by Crippen LogP contribution is -2.38. The van der Waals surface area contributed by atoms with Crippen LogP contribution in [0.4, 0.5) is 0 Å². The summed E-state index contributed by atoms with van der Waals surface area (Å²) in [4.78, 5) is 4.28. The molecule has 3 aromatic rings. The second-order valence-corrected chi connectivity index (χ2v) is 6.08. The van der Waals surface area contributed by atoms with Crippen LogP contribution in [0.5, 0.6) is 0 Å². The van der Waals surface area contributed by atoms with Crippen molar-refractivity contribution in [2.75, 3.05) is 13.6 Å². The van der Waals surface area contributed by atoms with Crippen molar-refractivity contribution in [1.29, 1.82) is 0 Å². The second kappa shape index (κ2) is 9.51. The van der Waals surface area contributed by atoms with Crippen molar-refractivity contribution >= 4 is 35.6 Å². The summed E-state index contributed by atoms with van der Waals surface area (Å²) in [6, 6.07) is 12.4. The first kappa shape index (κ1) is 20.2. The first-order chi connectivity index (χ1) is 12.2. The molecule has 3 rings (SSSR count). The van der Waals surface area contributed by atoms with Gasteiger partial charge in [0.2, 0.25) is 0 Å². The topological polar surface area (TPSA) is 66.6 Å². The van der Waals surface area contributed by atoms with Crippen LogP contribution < -0.4 is 10.6 Å². The van der Waals surface area contributed by atoms with Crippen LogP contribution in [0.1, 0.15) is 22.5 Å². The van der Waals surface area contributed by atoms with E-state index in [0.29, 0.717) is 0 Å². The lowest BCUT2D eigenvalue weighted by Gasteiger charge is -2.13. The Balaban J connectivity index is 0.00000243. The van der Waals surface area contributed by atoms with Gasteiger partial charge in [0.25, 0.3) is 0 Å². The Kier molecular flexibility index (Phi) is 7.38. The third-order valence-corrected chi connectivity index (χ3v) is 4.19. The van der Waals surface area contributed by atoms with Gasteiger partial charge in [0.1, 0.15) is 5.82 Å². The van der Waals surface area contributed by atoms with Crippen LogP contribution in [-0.2, 0) is 13.0 Å². The molecule has 0 aliphatic heterocycles. The largest absolute Gasteiger partial charge is 0.356 e. The van der Waals surface area contributed by atoms with Gasteiger partial charge in [-0.2, -0.15) is 0 Å². The molecule has 7 heteroatoms. The normalized spacial score (nSPS) is 11.3. The van der Waals surface area contributed by atoms with Gasteiger partial charge in [0.05, 0.1) is 0 Å². The molecule has 0 aliphatic carbocycles. The van der Waals surface area contributed by atoms with Crippen molar-refractivity contribution in [3.05, 3.63) is 65.1 Å². The molecule has 0 atom stereocenters. The summed E-state index contributed by atoms with van der Waals surface area (Å²) >= 11 is 0. The number of nitrogens with one attached hydrogen (secondary N) is 2. The average Bonchev–Trinajstić information content (AvgIpc) is 3.02. The predicted octanol–water partition coefficient (Wildman–Crippen LogP) is 2.87. The van der Waals surface area contributed by atoms with Gasteiger partial charge in [-0.3, -0.25) is 9.39 Å². The van der Waals surface area contributed by atoms with E-state index in [1.165, 1.54) is 16.7 Å². The fourth-order valence-corrected chi connectivity index (χ4v) is 2.80. The Morgan fingerprint density at radius 1 is 1.12 bits per heavy atom. The number of guanidine groups is 1. The number of rotatable bonds is 5. The quantitative estimate of drug-likeness (QED) is 0.346. The van der Waals surface area contributed by atoms with E-state index in [2.05, 4.69) is 57.9 Å². The minimum Gasteiger partial charge on any atom is -0.356 e. The minimum atomic E-state index is 0. The molecule has 26 heavy (non-hydrogen) atoms. The van der Waals surface area contributed by atoms with E-state index in [4.69, 9.17) is 0 Å². The summed E-state index contributed by atoms with van der Waals surface area (Å²) in [6.45, 7) is 5.73. The third-order valence-electron chi connectivity index (χ3n) is 4.19. The van der Waals surface area contributed by atoms with Gasteiger partial charge in [0.15, 0.2) is 11.6 Å². The van der Waals surface area contributed by atoms with E-state index in [0.717, 1.165) is 36.9 Å². The SMILES string of the molecule is CN=C(NCCc1nnc2ccccn12)NCc1ccc(C)cc1C.I. The molecule has 0 unspecified atom stereocenters. The highest BCUT2D eigenvalue weighted by molar-refractivity contribution is 14.0. The monoisotopic (exact) mass is 464 g/mol. The molecule has 6 nitrogen and oxygen atoms in total. The molecule has 0 spiro atoms. The maximum absolute atomic E-state index is 4.28. The summed E-state index contributed by atoms with van der Waals surface area (Å²) in [5.74, 6) is 1.72. The number of fused-ring (bicyclic) bond motifs is 1. The minimum absolute atomic E-state index is 0. The van der Waals surface area contributed by atoms with E-state index in [9.17, 15) is 0 Å². The summed E-state index contributed by atoms with van der Waals surface area (Å²) < 4.78 is 2.01. The van der Waals surface area contributed by atoms with Gasteiger partial charge in [-0.05, 0) is 37.1 Å². The van der Waals surface area contributed by atoms with Gasteiger partial charge in [-0.15, -0.1) is 34.2 Å². The molecule has 0 fully saturated rings. The molecule has 2 heterocycles. The van der Waals surface area contributed by atoms with E-state index in [1.807, 2.05) is 28.8 Å². The molecule has 0 saturated heterocycles. The highest BCUT2D eigenvalue weighted by Crippen LogP contribution is 2.10. The van der Waals surface area contributed by atoms with Gasteiger partial charge in [0, 0.05) is 32.8 Å². The van der Waals surface area contributed by atoms with Crippen LogP contribution in [0.25, 0.3) is 5.65 Å². The molecule has 2 N–H and O–H groups in total. The molecule has 0 saturated carbocycles. The average molecular weight is 464 g/mol. The Bertz CT molecular complexity index is 887. The number of aromatic nitrogens is 3. The Morgan fingerprint density at radius 2 is 1.96 bits per heavy atom. The Morgan fingerprint density at radius 3 is 2.73 bits per heavy atom. The van der Waals surface area contributed by atoms with Gasteiger partial charge < -0.3 is 10.6 Å². The van der Waals surface area contributed by atoms with E-state index < -0.39 is 0 Å². The van der Waals surface area contributed by atoms with Crippen LogP contribution >= 0.6 is 24.0 Å². The van der Waals surface area contributed by atoms with Crippen molar-refractivity contribution in [1.82, 2.24) is 25.2 Å². The number of pyridine rings is 1. The zero-order valence-corrected chi connectivity index (χ0v) is 17.7. The fraction of sp³-hybridized carbons (Fsp3) is 0.316. The number of halogens is 1. The van der Waals surface area contributed by atoms with Crippen molar-refractivity contribution in [2.24, 2.45) is 4.99 Å². The van der Waals surface area contributed by atoms with Crippen molar-refractivity contribution in [2.45, 2.75) is 26.8 Å². The van der Waals surface area contributed by atoms with Gasteiger partial charge >= 0.3 is 0 Å². The molecule has 0 amide bonds. The molecular weight excluding hydrogens is 439 g/mol. The van der Waals surface area contributed by atoms with Crippen molar-refractivity contribution < 1.29 is 0 Å². The number of aryl methyl sites for hydroxylation is 2. The standard InChI is InChI=1S/C19H24N6.HI/c1-14-7-8-16(15(2)12-14)13-22-19(20-3)21-10-9-18-24-23-17-6-4-5-11-25(17)18;/h4-8,11-12H,9-10,13H2,1-3H3,(H2,20,21,22);1H. The molecule has 0 aliphatic rings. The number of hydrogen-bond donors (Lipinski definition) is 2.